The van der Waals surface area contributed by atoms with Gasteiger partial charge in [0.2, 0.25) is 0 Å². The average molecular weight is 431 g/mol. The molecule has 0 amide bonds. The molecule has 0 spiro atoms. The number of pyridine rings is 1. The van der Waals surface area contributed by atoms with Crippen LogP contribution < -0.4 is 10.3 Å². The van der Waals surface area contributed by atoms with E-state index in [0.717, 1.165) is 0 Å². The van der Waals surface area contributed by atoms with Gasteiger partial charge in [-0.15, -0.1) is 13.2 Å². The molecular formula is C20H16F3N5O3. The number of halogens is 3. The van der Waals surface area contributed by atoms with Crippen molar-refractivity contribution in [3.8, 4) is 22.8 Å². The van der Waals surface area contributed by atoms with Gasteiger partial charge < -0.3 is 9.84 Å². The number of aromatic nitrogens is 5. The van der Waals surface area contributed by atoms with Gasteiger partial charge in [0.25, 0.3) is 5.56 Å². The lowest BCUT2D eigenvalue weighted by Gasteiger charge is -2.15. The van der Waals surface area contributed by atoms with E-state index in [1.165, 1.54) is 47.6 Å². The van der Waals surface area contributed by atoms with Crippen LogP contribution in [0.1, 0.15) is 13.0 Å². The predicted molar refractivity (Wildman–Crippen MR) is 105 cm³/mol. The third-order valence-electron chi connectivity index (χ3n) is 4.62. The average Bonchev–Trinajstić information content (AvgIpc) is 3.27. The zero-order valence-electron chi connectivity index (χ0n) is 16.1. The van der Waals surface area contributed by atoms with Crippen molar-refractivity contribution in [1.29, 1.82) is 0 Å². The Morgan fingerprint density at radius 2 is 1.94 bits per heavy atom. The molecule has 0 bridgehead atoms. The minimum absolute atomic E-state index is 0.243. The lowest BCUT2D eigenvalue weighted by molar-refractivity contribution is -0.274. The summed E-state index contributed by atoms with van der Waals surface area (Å²) in [5.74, 6) is -0.0332. The summed E-state index contributed by atoms with van der Waals surface area (Å²) in [7, 11) is 0. The lowest BCUT2D eigenvalue weighted by atomic mass is 10.1. The molecule has 0 saturated heterocycles. The summed E-state index contributed by atoms with van der Waals surface area (Å²) < 4.78 is 44.1. The van der Waals surface area contributed by atoms with Crippen molar-refractivity contribution in [2.75, 3.05) is 6.61 Å². The normalized spacial score (nSPS) is 12.8. The Bertz CT molecular complexity index is 1270. The van der Waals surface area contributed by atoms with Gasteiger partial charge in [0.1, 0.15) is 17.6 Å². The maximum Gasteiger partial charge on any atom is 0.573 e. The van der Waals surface area contributed by atoms with Gasteiger partial charge in [0.05, 0.1) is 30.1 Å². The van der Waals surface area contributed by atoms with Gasteiger partial charge in [0, 0.05) is 18.0 Å². The first kappa shape index (κ1) is 20.5. The standard InChI is InChI=1S/C20H16F3N5O3/c1-12(9-29)28-11-25-17-15(19(28)30)8-16(26-18(17)27-7-6-24-10-27)13-2-4-14(5-3-13)31-20(21,22)23/h2-8,10-12,29H,9H2,1H3/t12-/m0/s1. The van der Waals surface area contributed by atoms with Crippen molar-refractivity contribution in [1.82, 2.24) is 24.1 Å². The van der Waals surface area contributed by atoms with Crippen molar-refractivity contribution in [3.63, 3.8) is 0 Å². The maximum absolute atomic E-state index is 13.1. The third kappa shape index (κ3) is 4.12. The van der Waals surface area contributed by atoms with Crippen LogP contribution in [-0.2, 0) is 0 Å². The SMILES string of the molecule is C[C@@H](CO)n1cnc2c(-n3ccnc3)nc(-c3ccc(OC(F)(F)F)cc3)cc2c1=O. The number of hydrogen-bond donors (Lipinski definition) is 1. The van der Waals surface area contributed by atoms with Gasteiger partial charge in [0.15, 0.2) is 5.82 Å². The number of fused-ring (bicyclic) bond motifs is 1. The number of hydrogen-bond acceptors (Lipinski definition) is 6. The molecule has 8 nitrogen and oxygen atoms in total. The molecule has 3 heterocycles. The summed E-state index contributed by atoms with van der Waals surface area (Å²) in [6, 6.07) is 6.19. The van der Waals surface area contributed by atoms with E-state index in [0.29, 0.717) is 22.6 Å². The van der Waals surface area contributed by atoms with Crippen LogP contribution in [-0.4, -0.2) is 42.2 Å². The summed E-state index contributed by atoms with van der Waals surface area (Å²) >= 11 is 0. The Hall–Kier alpha value is -3.73. The summed E-state index contributed by atoms with van der Waals surface area (Å²) in [6.45, 7) is 1.42. The molecular weight excluding hydrogens is 415 g/mol. The van der Waals surface area contributed by atoms with Crippen LogP contribution in [0, 0.1) is 0 Å². The van der Waals surface area contributed by atoms with Crippen LogP contribution in [0.4, 0.5) is 13.2 Å². The van der Waals surface area contributed by atoms with Crippen molar-refractivity contribution in [2.24, 2.45) is 0 Å². The monoisotopic (exact) mass is 431 g/mol. The maximum atomic E-state index is 13.1. The van der Waals surface area contributed by atoms with E-state index in [-0.39, 0.29) is 23.3 Å². The number of aliphatic hydroxyl groups is 1. The Balaban J connectivity index is 1.89. The van der Waals surface area contributed by atoms with E-state index >= 15 is 0 Å². The van der Waals surface area contributed by atoms with Crippen molar-refractivity contribution in [2.45, 2.75) is 19.3 Å². The lowest BCUT2D eigenvalue weighted by Crippen LogP contribution is -2.26. The van der Waals surface area contributed by atoms with Crippen LogP contribution in [0.3, 0.4) is 0 Å². The fourth-order valence-corrected chi connectivity index (χ4v) is 3.07. The molecule has 11 heteroatoms. The van der Waals surface area contributed by atoms with Crippen molar-refractivity contribution in [3.05, 3.63) is 65.7 Å². The van der Waals surface area contributed by atoms with Crippen LogP contribution in [0.15, 0.2) is 60.2 Å². The Kier molecular flexibility index (Phi) is 5.19. The fourth-order valence-electron chi connectivity index (χ4n) is 3.07. The molecule has 4 rings (SSSR count). The predicted octanol–water partition coefficient (Wildman–Crippen LogP) is 3.10. The molecule has 0 aliphatic carbocycles. The highest BCUT2D eigenvalue weighted by molar-refractivity contribution is 5.87. The van der Waals surface area contributed by atoms with E-state index < -0.39 is 12.4 Å². The van der Waals surface area contributed by atoms with Gasteiger partial charge in [-0.1, -0.05) is 0 Å². The van der Waals surface area contributed by atoms with E-state index in [2.05, 4.69) is 19.7 Å². The molecule has 1 atom stereocenters. The number of imidazole rings is 1. The molecule has 0 aliphatic heterocycles. The summed E-state index contributed by atoms with van der Waals surface area (Å²) in [4.78, 5) is 26.0. The van der Waals surface area contributed by atoms with Crippen molar-refractivity contribution >= 4 is 10.9 Å². The number of nitrogens with zero attached hydrogens (tertiary/aromatic N) is 5. The number of alkyl halides is 3. The van der Waals surface area contributed by atoms with Crippen LogP contribution >= 0.6 is 0 Å². The second-order valence-corrected chi connectivity index (χ2v) is 6.76. The number of ether oxygens (including phenoxy) is 1. The second-order valence-electron chi connectivity index (χ2n) is 6.76. The highest BCUT2D eigenvalue weighted by Gasteiger charge is 2.31. The molecule has 4 aromatic rings. The summed E-state index contributed by atoms with van der Waals surface area (Å²) in [5, 5.41) is 9.67. The highest BCUT2D eigenvalue weighted by atomic mass is 19.4. The van der Waals surface area contributed by atoms with E-state index in [9.17, 15) is 23.1 Å². The quantitative estimate of drug-likeness (QED) is 0.522. The topological polar surface area (TPSA) is 95.1 Å². The molecule has 0 aliphatic rings. The number of rotatable bonds is 5. The zero-order valence-corrected chi connectivity index (χ0v) is 16.1. The molecule has 0 fully saturated rings. The van der Waals surface area contributed by atoms with Gasteiger partial charge in [-0.3, -0.25) is 13.9 Å². The van der Waals surface area contributed by atoms with Crippen LogP contribution in [0.2, 0.25) is 0 Å². The first-order valence-electron chi connectivity index (χ1n) is 9.14. The zero-order chi connectivity index (χ0) is 22.2. The van der Waals surface area contributed by atoms with Crippen molar-refractivity contribution < 1.29 is 23.0 Å². The molecule has 0 saturated carbocycles. The summed E-state index contributed by atoms with van der Waals surface area (Å²) in [6.07, 6.45) is 1.22. The first-order chi connectivity index (χ1) is 14.8. The van der Waals surface area contributed by atoms with E-state index in [1.54, 1.807) is 23.9 Å². The largest absolute Gasteiger partial charge is 0.573 e. The number of benzene rings is 1. The van der Waals surface area contributed by atoms with Gasteiger partial charge >= 0.3 is 6.36 Å². The second kappa shape index (κ2) is 7.84. The van der Waals surface area contributed by atoms with Crippen LogP contribution in [0.25, 0.3) is 28.0 Å². The molecule has 0 unspecified atom stereocenters. The van der Waals surface area contributed by atoms with Crippen LogP contribution in [0.5, 0.6) is 5.75 Å². The molecule has 0 radical (unpaired) electrons. The molecule has 160 valence electrons. The molecule has 1 N–H and O–H groups in total. The van der Waals surface area contributed by atoms with Gasteiger partial charge in [-0.25, -0.2) is 15.0 Å². The van der Waals surface area contributed by atoms with E-state index in [1.807, 2.05) is 0 Å². The smallest absolute Gasteiger partial charge is 0.406 e. The first-order valence-corrected chi connectivity index (χ1v) is 9.14. The third-order valence-corrected chi connectivity index (χ3v) is 4.62. The highest BCUT2D eigenvalue weighted by Crippen LogP contribution is 2.28. The van der Waals surface area contributed by atoms with Gasteiger partial charge in [-0.2, -0.15) is 0 Å². The molecule has 1 aromatic carbocycles. The Morgan fingerprint density at radius 1 is 1.19 bits per heavy atom. The minimum atomic E-state index is -4.79. The van der Waals surface area contributed by atoms with E-state index in [4.69, 9.17) is 0 Å². The summed E-state index contributed by atoms with van der Waals surface area (Å²) in [5.41, 5.74) is 0.768. The Morgan fingerprint density at radius 3 is 2.55 bits per heavy atom. The fraction of sp³-hybridized carbons (Fsp3) is 0.200. The Labute approximate surface area is 173 Å². The number of aliphatic hydroxyl groups excluding tert-OH is 1. The van der Waals surface area contributed by atoms with Gasteiger partial charge in [-0.05, 0) is 37.3 Å². The minimum Gasteiger partial charge on any atom is -0.406 e. The molecule has 3 aromatic heterocycles. The molecule has 31 heavy (non-hydrogen) atoms.